The van der Waals surface area contributed by atoms with E-state index >= 15 is 0 Å². The first-order chi connectivity index (χ1) is 12.2. The first-order valence-electron chi connectivity index (χ1n) is 7.70. The lowest BCUT2D eigenvalue weighted by atomic mass is 10.1. The van der Waals surface area contributed by atoms with E-state index in [4.69, 9.17) is 11.6 Å². The highest BCUT2D eigenvalue weighted by molar-refractivity contribution is 7.99. The van der Waals surface area contributed by atoms with E-state index in [1.54, 1.807) is 4.68 Å². The van der Waals surface area contributed by atoms with Crippen LogP contribution in [0.3, 0.4) is 0 Å². The van der Waals surface area contributed by atoms with Crippen LogP contribution >= 0.6 is 23.4 Å². The molecule has 2 aromatic carbocycles. The molecule has 128 valence electrons. The fraction of sp³-hybridized carbons (Fsp3) is 0.176. The Morgan fingerprint density at radius 1 is 1.12 bits per heavy atom. The normalized spacial score (nSPS) is 10.6. The third-order valence-corrected chi connectivity index (χ3v) is 4.59. The quantitative estimate of drug-likeness (QED) is 0.645. The van der Waals surface area contributed by atoms with Gasteiger partial charge in [0.15, 0.2) is 0 Å². The maximum Gasteiger partial charge on any atom is 0.230 e. The van der Waals surface area contributed by atoms with E-state index in [-0.39, 0.29) is 11.7 Å². The van der Waals surface area contributed by atoms with Crippen molar-refractivity contribution in [1.82, 2.24) is 25.5 Å². The Hall–Kier alpha value is -2.38. The molecule has 0 unspecified atom stereocenters. The molecule has 1 aromatic heterocycles. The largest absolute Gasteiger partial charge is 0.355 e. The Morgan fingerprint density at radius 2 is 1.88 bits per heavy atom. The van der Waals surface area contributed by atoms with Crippen LogP contribution in [0.2, 0.25) is 5.02 Å². The van der Waals surface area contributed by atoms with Gasteiger partial charge in [-0.1, -0.05) is 53.7 Å². The van der Waals surface area contributed by atoms with Crippen molar-refractivity contribution in [1.29, 1.82) is 0 Å². The zero-order valence-electron chi connectivity index (χ0n) is 13.3. The van der Waals surface area contributed by atoms with Crippen molar-refractivity contribution in [3.8, 4) is 5.69 Å². The van der Waals surface area contributed by atoms with Gasteiger partial charge in [-0.3, -0.25) is 4.79 Å². The molecule has 0 saturated heterocycles. The zero-order valence-corrected chi connectivity index (χ0v) is 14.9. The van der Waals surface area contributed by atoms with E-state index in [1.807, 2.05) is 54.6 Å². The van der Waals surface area contributed by atoms with Crippen LogP contribution in [0.15, 0.2) is 59.8 Å². The highest BCUT2D eigenvalue weighted by Gasteiger charge is 2.11. The lowest BCUT2D eigenvalue weighted by Gasteiger charge is -2.06. The van der Waals surface area contributed by atoms with Crippen LogP contribution in [0.5, 0.6) is 0 Å². The molecule has 3 rings (SSSR count). The Labute approximate surface area is 154 Å². The second-order valence-corrected chi connectivity index (χ2v) is 6.60. The zero-order chi connectivity index (χ0) is 17.5. The fourth-order valence-corrected chi connectivity index (χ4v) is 3.03. The molecule has 0 radical (unpaired) electrons. The van der Waals surface area contributed by atoms with Crippen LogP contribution in [0, 0.1) is 0 Å². The van der Waals surface area contributed by atoms with Crippen LogP contribution in [0.4, 0.5) is 0 Å². The minimum absolute atomic E-state index is 0.0541. The van der Waals surface area contributed by atoms with Crippen molar-refractivity contribution in [2.45, 2.75) is 11.6 Å². The van der Waals surface area contributed by atoms with Crippen molar-refractivity contribution in [3.63, 3.8) is 0 Å². The molecule has 0 aliphatic carbocycles. The number of hydrogen-bond donors (Lipinski definition) is 1. The molecule has 1 heterocycles. The number of benzene rings is 2. The maximum absolute atomic E-state index is 12.0. The molecule has 0 aliphatic rings. The summed E-state index contributed by atoms with van der Waals surface area (Å²) >= 11 is 7.15. The number of rotatable bonds is 7. The molecule has 0 fully saturated rings. The first-order valence-corrected chi connectivity index (χ1v) is 9.06. The second-order valence-electron chi connectivity index (χ2n) is 5.22. The van der Waals surface area contributed by atoms with Crippen LogP contribution in [-0.2, 0) is 11.2 Å². The molecule has 0 aliphatic heterocycles. The average Bonchev–Trinajstić information content (AvgIpc) is 3.11. The molecular formula is C17H16ClN5OS. The Kier molecular flexibility index (Phi) is 6.03. The number of para-hydroxylation sites is 1. The second kappa shape index (κ2) is 8.64. The average molecular weight is 374 g/mol. The van der Waals surface area contributed by atoms with Gasteiger partial charge in [-0.2, -0.15) is 4.68 Å². The summed E-state index contributed by atoms with van der Waals surface area (Å²) in [5.41, 5.74) is 1.99. The number of thioether (sulfide) groups is 1. The number of carbonyl (C=O) groups is 1. The van der Waals surface area contributed by atoms with Crippen LogP contribution in [0.1, 0.15) is 5.56 Å². The molecule has 0 bridgehead atoms. The van der Waals surface area contributed by atoms with Gasteiger partial charge in [0, 0.05) is 11.6 Å². The molecule has 1 N–H and O–H groups in total. The number of hydrogen-bond acceptors (Lipinski definition) is 5. The van der Waals surface area contributed by atoms with Crippen LogP contribution in [-0.4, -0.2) is 38.4 Å². The van der Waals surface area contributed by atoms with E-state index in [2.05, 4.69) is 20.8 Å². The van der Waals surface area contributed by atoms with Gasteiger partial charge >= 0.3 is 0 Å². The predicted molar refractivity (Wildman–Crippen MR) is 98.0 cm³/mol. The highest BCUT2D eigenvalue weighted by Crippen LogP contribution is 2.17. The third kappa shape index (κ3) is 5.04. The van der Waals surface area contributed by atoms with Gasteiger partial charge in [-0.25, -0.2) is 0 Å². The fourth-order valence-electron chi connectivity index (χ4n) is 2.18. The summed E-state index contributed by atoms with van der Waals surface area (Å²) < 4.78 is 1.62. The summed E-state index contributed by atoms with van der Waals surface area (Å²) in [5, 5.41) is 15.8. The standard InChI is InChI=1S/C17H16ClN5OS/c18-14-8-6-13(7-9-14)10-11-19-16(24)12-25-17-20-21-22-23(17)15-4-2-1-3-5-15/h1-9H,10-12H2,(H,19,24). The number of aromatic nitrogens is 4. The lowest BCUT2D eigenvalue weighted by molar-refractivity contribution is -0.118. The molecule has 1 amide bonds. The van der Waals surface area contributed by atoms with Crippen LogP contribution < -0.4 is 5.32 Å². The molecule has 0 spiro atoms. The van der Waals surface area contributed by atoms with Gasteiger partial charge in [-0.15, -0.1) is 5.10 Å². The van der Waals surface area contributed by atoms with Crippen molar-refractivity contribution < 1.29 is 4.79 Å². The van der Waals surface area contributed by atoms with E-state index in [1.165, 1.54) is 11.8 Å². The Balaban J connectivity index is 1.47. The third-order valence-electron chi connectivity index (χ3n) is 3.42. The summed E-state index contributed by atoms with van der Waals surface area (Å²) in [4.78, 5) is 12.0. The van der Waals surface area contributed by atoms with Gasteiger partial charge in [0.05, 0.1) is 11.4 Å². The molecule has 0 atom stereocenters. The molecular weight excluding hydrogens is 358 g/mol. The van der Waals surface area contributed by atoms with Crippen molar-refractivity contribution in [2.75, 3.05) is 12.3 Å². The monoisotopic (exact) mass is 373 g/mol. The summed E-state index contributed by atoms with van der Waals surface area (Å²) in [6.45, 7) is 0.574. The summed E-state index contributed by atoms with van der Waals surface area (Å²) in [7, 11) is 0. The summed E-state index contributed by atoms with van der Waals surface area (Å²) in [5.74, 6) is 0.204. The SMILES string of the molecule is O=C(CSc1nnnn1-c1ccccc1)NCCc1ccc(Cl)cc1. The predicted octanol–water partition coefficient (Wildman–Crippen LogP) is 2.77. The molecule has 25 heavy (non-hydrogen) atoms. The van der Waals surface area contributed by atoms with Crippen molar-refractivity contribution in [3.05, 3.63) is 65.2 Å². The minimum Gasteiger partial charge on any atom is -0.355 e. The lowest BCUT2D eigenvalue weighted by Crippen LogP contribution is -2.27. The number of carbonyl (C=O) groups excluding carboxylic acids is 1. The molecule has 6 nitrogen and oxygen atoms in total. The number of amides is 1. The van der Waals surface area contributed by atoms with Gasteiger partial charge in [0.25, 0.3) is 0 Å². The number of tetrazole rings is 1. The smallest absolute Gasteiger partial charge is 0.230 e. The van der Waals surface area contributed by atoms with Crippen molar-refractivity contribution >= 4 is 29.3 Å². The number of nitrogens with zero attached hydrogens (tertiary/aromatic N) is 4. The maximum atomic E-state index is 12.0. The molecule has 0 saturated carbocycles. The van der Waals surface area contributed by atoms with Gasteiger partial charge in [0.2, 0.25) is 11.1 Å². The number of halogens is 1. The highest BCUT2D eigenvalue weighted by atomic mass is 35.5. The van der Waals surface area contributed by atoms with E-state index < -0.39 is 0 Å². The Morgan fingerprint density at radius 3 is 2.64 bits per heavy atom. The van der Waals surface area contributed by atoms with Crippen molar-refractivity contribution in [2.24, 2.45) is 0 Å². The topological polar surface area (TPSA) is 72.7 Å². The van der Waals surface area contributed by atoms with E-state index in [9.17, 15) is 4.79 Å². The summed E-state index contributed by atoms with van der Waals surface area (Å²) in [6.07, 6.45) is 0.759. The van der Waals surface area contributed by atoms with Gasteiger partial charge in [-0.05, 0) is 46.7 Å². The van der Waals surface area contributed by atoms with Gasteiger partial charge in [0.1, 0.15) is 0 Å². The van der Waals surface area contributed by atoms with Crippen LogP contribution in [0.25, 0.3) is 5.69 Å². The Bertz CT molecular complexity index is 823. The molecule has 8 heteroatoms. The van der Waals surface area contributed by atoms with Gasteiger partial charge < -0.3 is 5.32 Å². The minimum atomic E-state index is -0.0541. The summed E-state index contributed by atoms with van der Waals surface area (Å²) in [6, 6.07) is 17.2. The van der Waals surface area contributed by atoms with E-state index in [0.29, 0.717) is 16.7 Å². The van der Waals surface area contributed by atoms with E-state index in [0.717, 1.165) is 17.7 Å². The first kappa shape index (κ1) is 17.4. The molecule has 3 aromatic rings. The number of nitrogens with one attached hydrogen (secondary N) is 1.